The molecule has 25 heavy (non-hydrogen) atoms. The Kier molecular flexibility index (Phi) is 4.25. The largest absolute Gasteiger partial charge is 0.437 e. The van der Waals surface area contributed by atoms with Gasteiger partial charge in [0.15, 0.2) is 5.58 Å². The van der Waals surface area contributed by atoms with Gasteiger partial charge in [-0.2, -0.15) is 0 Å². The maximum Gasteiger partial charge on any atom is 0.220 e. The lowest BCUT2D eigenvalue weighted by molar-refractivity contribution is 0.589. The monoisotopic (exact) mass is 323 g/mol. The first-order valence-corrected chi connectivity index (χ1v) is 8.24. The third kappa shape index (κ3) is 3.75. The second-order valence-electron chi connectivity index (χ2n) is 5.77. The van der Waals surface area contributed by atoms with E-state index in [-0.39, 0.29) is 0 Å². The first-order valence-electron chi connectivity index (χ1n) is 8.24. The van der Waals surface area contributed by atoms with Crippen molar-refractivity contribution in [2.75, 3.05) is 0 Å². The van der Waals surface area contributed by atoms with Gasteiger partial charge in [0.05, 0.1) is 0 Å². The fourth-order valence-electron chi connectivity index (χ4n) is 2.62. The number of oxazole rings is 1. The summed E-state index contributed by atoms with van der Waals surface area (Å²) in [4.78, 5) is 4.51. The van der Waals surface area contributed by atoms with Gasteiger partial charge in [0.2, 0.25) is 5.89 Å². The summed E-state index contributed by atoms with van der Waals surface area (Å²) in [6.45, 7) is 0. The summed E-state index contributed by atoms with van der Waals surface area (Å²) in [5.41, 5.74) is 5.04. The highest BCUT2D eigenvalue weighted by atomic mass is 16.3. The molecule has 4 aromatic rings. The van der Waals surface area contributed by atoms with Gasteiger partial charge in [0, 0.05) is 6.08 Å². The molecule has 0 N–H and O–H groups in total. The van der Waals surface area contributed by atoms with E-state index in [0.717, 1.165) is 22.2 Å². The van der Waals surface area contributed by atoms with Crippen molar-refractivity contribution >= 4 is 35.4 Å². The zero-order chi connectivity index (χ0) is 16.9. The summed E-state index contributed by atoms with van der Waals surface area (Å²) < 4.78 is 5.85. The molecule has 2 nitrogen and oxygen atoms in total. The highest BCUT2D eigenvalue weighted by Crippen LogP contribution is 2.20. The van der Waals surface area contributed by atoms with Crippen LogP contribution < -0.4 is 0 Å². The average molecular weight is 323 g/mol. The van der Waals surface area contributed by atoms with Crippen LogP contribution in [0, 0.1) is 0 Å². The van der Waals surface area contributed by atoms with Crippen molar-refractivity contribution in [3.8, 4) is 0 Å². The van der Waals surface area contributed by atoms with Gasteiger partial charge < -0.3 is 4.42 Å². The summed E-state index contributed by atoms with van der Waals surface area (Å²) in [5, 5.41) is 0. The molecule has 2 heteroatoms. The molecule has 1 aromatic heterocycles. The zero-order valence-corrected chi connectivity index (χ0v) is 13.7. The Morgan fingerprint density at radius 1 is 0.600 bits per heavy atom. The Bertz CT molecular complexity index is 980. The number of hydrogen-bond acceptors (Lipinski definition) is 2. The molecule has 0 atom stereocenters. The van der Waals surface area contributed by atoms with Crippen LogP contribution in [0.2, 0.25) is 0 Å². The molecule has 0 bridgehead atoms. The van der Waals surface area contributed by atoms with E-state index in [1.54, 1.807) is 0 Å². The van der Waals surface area contributed by atoms with Gasteiger partial charge in [-0.3, -0.25) is 0 Å². The molecule has 0 radical (unpaired) electrons. The molecule has 0 aliphatic rings. The average Bonchev–Trinajstić information content (AvgIpc) is 3.08. The summed E-state index contributed by atoms with van der Waals surface area (Å²) in [6.07, 6.45) is 8.07. The number of hydrogen-bond donors (Lipinski definition) is 0. The van der Waals surface area contributed by atoms with Crippen LogP contribution in [0.5, 0.6) is 0 Å². The van der Waals surface area contributed by atoms with E-state index in [1.165, 1.54) is 5.56 Å². The Morgan fingerprint density at radius 2 is 1.20 bits per heavy atom. The van der Waals surface area contributed by atoms with Crippen molar-refractivity contribution in [3.05, 3.63) is 101 Å². The maximum atomic E-state index is 5.85. The lowest BCUT2D eigenvalue weighted by atomic mass is 10.1. The molecule has 1 heterocycles. The van der Waals surface area contributed by atoms with Gasteiger partial charge in [-0.25, -0.2) is 4.98 Å². The number of aromatic nitrogens is 1. The predicted octanol–water partition coefficient (Wildman–Crippen LogP) is 6.17. The van der Waals surface area contributed by atoms with Crippen LogP contribution in [0.4, 0.5) is 0 Å². The summed E-state index contributed by atoms with van der Waals surface area (Å²) in [6, 6.07) is 26.4. The summed E-state index contributed by atoms with van der Waals surface area (Å²) in [5.74, 6) is 0.614. The van der Waals surface area contributed by atoms with Crippen molar-refractivity contribution in [1.29, 1.82) is 0 Å². The van der Waals surface area contributed by atoms with E-state index < -0.39 is 0 Å². The molecular formula is C23H17NO. The summed E-state index contributed by atoms with van der Waals surface area (Å²) >= 11 is 0. The topological polar surface area (TPSA) is 26.0 Å². The molecular weight excluding hydrogens is 306 g/mol. The minimum atomic E-state index is 0.614. The zero-order valence-electron chi connectivity index (χ0n) is 13.7. The van der Waals surface area contributed by atoms with E-state index in [4.69, 9.17) is 4.42 Å². The molecule has 0 amide bonds. The minimum Gasteiger partial charge on any atom is -0.437 e. The van der Waals surface area contributed by atoms with E-state index in [1.807, 2.05) is 72.8 Å². The van der Waals surface area contributed by atoms with Crippen molar-refractivity contribution in [2.45, 2.75) is 0 Å². The lowest BCUT2D eigenvalue weighted by Gasteiger charge is -1.94. The predicted molar refractivity (Wildman–Crippen MR) is 105 cm³/mol. The smallest absolute Gasteiger partial charge is 0.220 e. The number of rotatable bonds is 4. The molecule has 0 saturated carbocycles. The van der Waals surface area contributed by atoms with Crippen molar-refractivity contribution < 1.29 is 4.42 Å². The quantitative estimate of drug-likeness (QED) is 0.420. The Balaban J connectivity index is 1.57. The van der Waals surface area contributed by atoms with Gasteiger partial charge in [-0.1, -0.05) is 78.9 Å². The molecule has 4 rings (SSSR count). The van der Waals surface area contributed by atoms with Gasteiger partial charge >= 0.3 is 0 Å². The first kappa shape index (κ1) is 15.2. The summed E-state index contributed by atoms with van der Waals surface area (Å²) in [7, 11) is 0. The van der Waals surface area contributed by atoms with Crippen molar-refractivity contribution in [1.82, 2.24) is 4.98 Å². The molecule has 0 fully saturated rings. The third-order valence-electron chi connectivity index (χ3n) is 3.91. The Labute approximate surface area is 146 Å². The van der Waals surface area contributed by atoms with Gasteiger partial charge in [-0.05, 0) is 34.9 Å². The van der Waals surface area contributed by atoms with Crippen LogP contribution in [-0.4, -0.2) is 4.98 Å². The van der Waals surface area contributed by atoms with Crippen LogP contribution in [0.15, 0.2) is 83.3 Å². The highest BCUT2D eigenvalue weighted by Gasteiger charge is 2.03. The van der Waals surface area contributed by atoms with Crippen molar-refractivity contribution in [3.63, 3.8) is 0 Å². The molecule has 0 aliphatic heterocycles. The molecule has 0 saturated heterocycles. The molecule has 0 spiro atoms. The van der Waals surface area contributed by atoms with Crippen LogP contribution in [-0.2, 0) is 0 Å². The minimum absolute atomic E-state index is 0.614. The van der Waals surface area contributed by atoms with Gasteiger partial charge in [-0.15, -0.1) is 0 Å². The van der Waals surface area contributed by atoms with Crippen LogP contribution in [0.3, 0.4) is 0 Å². The maximum absolute atomic E-state index is 5.85. The van der Waals surface area contributed by atoms with E-state index in [2.05, 4.69) is 35.3 Å². The van der Waals surface area contributed by atoms with Crippen LogP contribution in [0.1, 0.15) is 22.6 Å². The standard InChI is InChI=1S/C23H17NO/c1-3-7-18(8-4-1)11-12-20-13-15-21-22(17-20)25-23(24-21)16-14-19-9-5-2-6-10-19/h1-17H. The Hall–Kier alpha value is -3.39. The number of nitrogens with zero attached hydrogens (tertiary/aromatic N) is 1. The number of benzene rings is 3. The highest BCUT2D eigenvalue weighted by molar-refractivity contribution is 5.80. The molecule has 0 aliphatic carbocycles. The first-order chi connectivity index (χ1) is 12.4. The molecule has 3 aromatic carbocycles. The van der Waals surface area contributed by atoms with Crippen molar-refractivity contribution in [2.24, 2.45) is 0 Å². The SMILES string of the molecule is C(=Cc1ccc2nc(C=Cc3ccccc3)oc2c1)c1ccccc1. The fraction of sp³-hybridized carbons (Fsp3) is 0. The number of fused-ring (bicyclic) bond motifs is 1. The Morgan fingerprint density at radius 3 is 1.88 bits per heavy atom. The van der Waals surface area contributed by atoms with Crippen LogP contribution in [0.25, 0.3) is 35.4 Å². The van der Waals surface area contributed by atoms with Crippen LogP contribution >= 0.6 is 0 Å². The van der Waals surface area contributed by atoms with E-state index in [9.17, 15) is 0 Å². The normalized spacial score (nSPS) is 11.7. The van der Waals surface area contributed by atoms with Gasteiger partial charge in [0.25, 0.3) is 0 Å². The lowest BCUT2D eigenvalue weighted by Crippen LogP contribution is -1.74. The van der Waals surface area contributed by atoms with Gasteiger partial charge in [0.1, 0.15) is 5.52 Å². The second-order valence-corrected chi connectivity index (χ2v) is 5.77. The molecule has 120 valence electrons. The molecule has 0 unspecified atom stereocenters. The fourth-order valence-corrected chi connectivity index (χ4v) is 2.62. The second kappa shape index (κ2) is 7.02. The van der Waals surface area contributed by atoms with E-state index >= 15 is 0 Å². The third-order valence-corrected chi connectivity index (χ3v) is 3.91. The van der Waals surface area contributed by atoms with E-state index in [0.29, 0.717) is 5.89 Å².